The Morgan fingerprint density at radius 3 is 1.91 bits per heavy atom. The van der Waals surface area contributed by atoms with Gasteiger partial charge < -0.3 is 4.74 Å². The van der Waals surface area contributed by atoms with Crippen LogP contribution in [-0.2, 0) is 0 Å². The number of nitrogens with zero attached hydrogens (tertiary/aromatic N) is 1. The number of para-hydroxylation sites is 2. The quantitative estimate of drug-likeness (QED) is 0.343. The molecule has 0 radical (unpaired) electrons. The van der Waals surface area contributed by atoms with Crippen LogP contribution >= 0.6 is 0 Å². The summed E-state index contributed by atoms with van der Waals surface area (Å²) in [5.74, 6) is -0.248. The van der Waals surface area contributed by atoms with Crippen LogP contribution in [0.5, 0.6) is 5.75 Å². The van der Waals surface area contributed by atoms with Crippen LogP contribution in [0.4, 0.5) is 0 Å². The van der Waals surface area contributed by atoms with E-state index < -0.39 is 5.97 Å². The highest BCUT2D eigenvalue weighted by Gasteiger charge is 2.22. The van der Waals surface area contributed by atoms with Crippen molar-refractivity contribution in [3.8, 4) is 22.6 Å². The minimum absolute atomic E-state index is 0.253. The van der Waals surface area contributed by atoms with Gasteiger partial charge in [0.2, 0.25) is 0 Å². The van der Waals surface area contributed by atoms with Gasteiger partial charge in [-0.05, 0) is 42.0 Å². The second kappa shape index (κ2) is 8.36. The molecule has 154 valence electrons. The van der Waals surface area contributed by atoms with Crippen molar-refractivity contribution in [1.82, 2.24) is 4.57 Å². The number of hydrogen-bond acceptors (Lipinski definition) is 3. The molecule has 1 heterocycles. The molecule has 0 saturated carbocycles. The number of hydrogen-bond donors (Lipinski definition) is 0. The third-order valence-electron chi connectivity index (χ3n) is 5.31. The Labute approximate surface area is 185 Å². The lowest BCUT2D eigenvalue weighted by Gasteiger charge is -2.18. The summed E-state index contributed by atoms with van der Waals surface area (Å²) in [6.07, 6.45) is 0. The number of carbonyl (C=O) groups excluding carboxylic acids is 1. The van der Waals surface area contributed by atoms with Crippen LogP contribution in [0.2, 0.25) is 0 Å². The topological polar surface area (TPSA) is 48.3 Å². The highest BCUT2D eigenvalue weighted by atomic mass is 16.5. The molecule has 0 unspecified atom stereocenters. The molecule has 0 atom stereocenters. The third kappa shape index (κ3) is 3.48. The van der Waals surface area contributed by atoms with Crippen molar-refractivity contribution in [2.24, 2.45) is 0 Å². The van der Waals surface area contributed by atoms with Crippen molar-refractivity contribution >= 4 is 16.9 Å². The lowest BCUT2D eigenvalue weighted by Crippen LogP contribution is -2.23. The summed E-state index contributed by atoms with van der Waals surface area (Å²) in [6.45, 7) is 0. The van der Waals surface area contributed by atoms with Gasteiger partial charge in [-0.1, -0.05) is 78.9 Å². The van der Waals surface area contributed by atoms with Gasteiger partial charge in [0.1, 0.15) is 0 Å². The maximum Gasteiger partial charge on any atom is 0.343 e. The normalized spacial score (nSPS) is 10.8. The summed E-state index contributed by atoms with van der Waals surface area (Å²) in [5.41, 5.74) is 2.60. The van der Waals surface area contributed by atoms with Gasteiger partial charge in [0.25, 0.3) is 5.56 Å². The van der Waals surface area contributed by atoms with E-state index in [1.54, 1.807) is 28.8 Å². The predicted octanol–water partition coefficient (Wildman–Crippen LogP) is 5.88. The molecule has 0 aliphatic heterocycles. The van der Waals surface area contributed by atoms with Crippen molar-refractivity contribution in [3.05, 3.63) is 131 Å². The monoisotopic (exact) mass is 417 g/mol. The standard InChI is InChI=1S/C28H19NO3/c30-27-25(20-12-4-1-5-13-20)26(32-28(31)21-14-6-2-7-15-21)23-18-10-11-19-24(23)29(27)22-16-8-3-9-17-22/h1-19H. The first kappa shape index (κ1) is 19.5. The maximum atomic E-state index is 13.9. The molecule has 0 amide bonds. The van der Waals surface area contributed by atoms with E-state index in [9.17, 15) is 9.59 Å². The minimum atomic E-state index is -0.509. The molecular weight excluding hydrogens is 398 g/mol. The van der Waals surface area contributed by atoms with Crippen LogP contribution < -0.4 is 10.3 Å². The third-order valence-corrected chi connectivity index (χ3v) is 5.31. The Bertz CT molecular complexity index is 1460. The van der Waals surface area contributed by atoms with Gasteiger partial charge in [-0.15, -0.1) is 0 Å². The first-order valence-corrected chi connectivity index (χ1v) is 10.3. The molecule has 0 aliphatic rings. The van der Waals surface area contributed by atoms with Crippen molar-refractivity contribution < 1.29 is 9.53 Å². The number of aromatic nitrogens is 1. The van der Waals surface area contributed by atoms with Gasteiger partial charge in [-0.2, -0.15) is 0 Å². The van der Waals surface area contributed by atoms with Crippen LogP contribution in [0, 0.1) is 0 Å². The van der Waals surface area contributed by atoms with Crippen LogP contribution in [0.25, 0.3) is 27.7 Å². The highest BCUT2D eigenvalue weighted by Crippen LogP contribution is 2.35. The minimum Gasteiger partial charge on any atom is -0.421 e. The molecule has 1 aromatic heterocycles. The number of pyridine rings is 1. The van der Waals surface area contributed by atoms with Crippen molar-refractivity contribution in [3.63, 3.8) is 0 Å². The fourth-order valence-corrected chi connectivity index (χ4v) is 3.84. The van der Waals surface area contributed by atoms with E-state index in [-0.39, 0.29) is 11.3 Å². The van der Waals surface area contributed by atoms with Crippen molar-refractivity contribution in [2.75, 3.05) is 0 Å². The van der Waals surface area contributed by atoms with Crippen LogP contribution in [0.15, 0.2) is 120 Å². The highest BCUT2D eigenvalue weighted by molar-refractivity contribution is 5.99. The summed E-state index contributed by atoms with van der Waals surface area (Å²) >= 11 is 0. The summed E-state index contributed by atoms with van der Waals surface area (Å²) < 4.78 is 7.58. The molecule has 5 aromatic rings. The second-order valence-corrected chi connectivity index (χ2v) is 7.32. The molecule has 32 heavy (non-hydrogen) atoms. The number of ether oxygens (including phenoxy) is 1. The Kier molecular flexibility index (Phi) is 5.10. The molecule has 0 saturated heterocycles. The largest absolute Gasteiger partial charge is 0.421 e. The fourth-order valence-electron chi connectivity index (χ4n) is 3.84. The van der Waals surface area contributed by atoms with Crippen LogP contribution in [0.1, 0.15) is 10.4 Å². The average molecular weight is 417 g/mol. The van der Waals surface area contributed by atoms with Crippen molar-refractivity contribution in [2.45, 2.75) is 0 Å². The Hall–Kier alpha value is -4.44. The Morgan fingerprint density at radius 1 is 0.656 bits per heavy atom. The zero-order valence-corrected chi connectivity index (χ0v) is 17.1. The van der Waals surface area contributed by atoms with Gasteiger partial charge in [-0.3, -0.25) is 9.36 Å². The zero-order chi connectivity index (χ0) is 21.9. The van der Waals surface area contributed by atoms with E-state index in [0.29, 0.717) is 27.6 Å². The molecule has 0 bridgehead atoms. The molecule has 4 aromatic carbocycles. The van der Waals surface area contributed by atoms with Crippen LogP contribution in [0.3, 0.4) is 0 Å². The van der Waals surface area contributed by atoms with Gasteiger partial charge >= 0.3 is 5.97 Å². The number of fused-ring (bicyclic) bond motifs is 1. The molecule has 4 nitrogen and oxygen atoms in total. The SMILES string of the molecule is O=C(Oc1c(-c2ccccc2)c(=O)n(-c2ccccc2)c2ccccc12)c1ccccc1. The number of benzene rings is 4. The lowest BCUT2D eigenvalue weighted by molar-refractivity contribution is 0.0737. The van der Waals surface area contributed by atoms with E-state index in [2.05, 4.69) is 0 Å². The fraction of sp³-hybridized carbons (Fsp3) is 0. The summed E-state index contributed by atoms with van der Waals surface area (Å²) in [7, 11) is 0. The zero-order valence-electron chi connectivity index (χ0n) is 17.1. The van der Waals surface area contributed by atoms with Gasteiger partial charge in [0.05, 0.1) is 16.6 Å². The summed E-state index contributed by atoms with van der Waals surface area (Å²) in [4.78, 5) is 26.9. The van der Waals surface area contributed by atoms with Gasteiger partial charge in [-0.25, -0.2) is 4.79 Å². The molecule has 0 spiro atoms. The lowest BCUT2D eigenvalue weighted by atomic mass is 10.0. The Morgan fingerprint density at radius 2 is 1.22 bits per heavy atom. The average Bonchev–Trinajstić information content (AvgIpc) is 2.86. The maximum absolute atomic E-state index is 13.9. The summed E-state index contributed by atoms with van der Waals surface area (Å²) in [6, 6.07) is 35.0. The predicted molar refractivity (Wildman–Crippen MR) is 126 cm³/mol. The van der Waals surface area contributed by atoms with E-state index in [0.717, 1.165) is 5.69 Å². The van der Waals surface area contributed by atoms with E-state index in [1.807, 2.05) is 91.0 Å². The van der Waals surface area contributed by atoms with Gasteiger partial charge in [0, 0.05) is 11.1 Å². The molecule has 4 heteroatoms. The number of carbonyl (C=O) groups is 1. The molecule has 0 fully saturated rings. The Balaban J connectivity index is 1.83. The van der Waals surface area contributed by atoms with Crippen molar-refractivity contribution in [1.29, 1.82) is 0 Å². The van der Waals surface area contributed by atoms with E-state index in [1.165, 1.54) is 0 Å². The number of esters is 1. The first-order chi connectivity index (χ1) is 15.7. The molecule has 0 N–H and O–H groups in total. The summed E-state index contributed by atoms with van der Waals surface area (Å²) in [5, 5.41) is 0.680. The van der Waals surface area contributed by atoms with E-state index >= 15 is 0 Å². The second-order valence-electron chi connectivity index (χ2n) is 7.32. The van der Waals surface area contributed by atoms with Gasteiger partial charge in [0.15, 0.2) is 5.75 Å². The van der Waals surface area contributed by atoms with E-state index in [4.69, 9.17) is 4.74 Å². The number of rotatable bonds is 4. The van der Waals surface area contributed by atoms with Crippen LogP contribution in [-0.4, -0.2) is 10.5 Å². The smallest absolute Gasteiger partial charge is 0.343 e. The molecule has 5 rings (SSSR count). The molecular formula is C28H19NO3. The molecule has 0 aliphatic carbocycles. The first-order valence-electron chi connectivity index (χ1n) is 10.3.